The van der Waals surface area contributed by atoms with Crippen molar-refractivity contribution in [1.82, 2.24) is 0 Å². The predicted molar refractivity (Wildman–Crippen MR) is 136 cm³/mol. The summed E-state index contributed by atoms with van der Waals surface area (Å²) in [7, 11) is 0. The van der Waals surface area contributed by atoms with Crippen LogP contribution in [-0.4, -0.2) is 15.3 Å². The molecule has 5 heteroatoms. The number of benzene rings is 4. The molecule has 0 aliphatic carbocycles. The van der Waals surface area contributed by atoms with Gasteiger partial charge in [0.05, 0.1) is 17.1 Å². The first-order valence-corrected chi connectivity index (χ1v) is 11.1. The van der Waals surface area contributed by atoms with E-state index < -0.39 is 0 Å². The van der Waals surface area contributed by atoms with Crippen molar-refractivity contribution in [3.05, 3.63) is 94.5 Å². The van der Waals surface area contributed by atoms with Crippen LogP contribution in [0.15, 0.2) is 66.7 Å². The van der Waals surface area contributed by atoms with Gasteiger partial charge in [-0.3, -0.25) is 0 Å². The molecule has 3 N–H and O–H groups in total. The Hall–Kier alpha value is -4.12. The molecule has 0 saturated heterocycles. The Balaban J connectivity index is 1.90. The zero-order valence-electron chi connectivity index (χ0n) is 20.0. The molecule has 0 atom stereocenters. The molecule has 0 spiro atoms. The minimum absolute atomic E-state index is 0.117. The summed E-state index contributed by atoms with van der Waals surface area (Å²) in [5, 5.41) is 31.9. The average molecular weight is 456 g/mol. The third kappa shape index (κ3) is 4.64. The molecule has 34 heavy (non-hydrogen) atoms. The van der Waals surface area contributed by atoms with E-state index in [1.807, 2.05) is 82.0 Å². The molecule has 5 nitrogen and oxygen atoms in total. The van der Waals surface area contributed by atoms with E-state index in [0.717, 1.165) is 27.8 Å². The Bertz CT molecular complexity index is 1250. The molecule has 0 aromatic heterocycles. The van der Waals surface area contributed by atoms with Crippen LogP contribution < -0.4 is 9.64 Å². The number of ether oxygens (including phenoxy) is 1. The normalized spacial score (nSPS) is 10.9. The molecule has 4 aromatic rings. The first-order valence-electron chi connectivity index (χ1n) is 11.1. The monoisotopic (exact) mass is 455 g/mol. The maximum absolute atomic E-state index is 11.0. The van der Waals surface area contributed by atoms with Crippen LogP contribution in [0.25, 0.3) is 0 Å². The van der Waals surface area contributed by atoms with Crippen molar-refractivity contribution in [1.29, 1.82) is 0 Å². The van der Waals surface area contributed by atoms with Gasteiger partial charge in [-0.15, -0.1) is 0 Å². The summed E-state index contributed by atoms with van der Waals surface area (Å²) < 4.78 is 6.05. The fourth-order valence-electron chi connectivity index (χ4n) is 4.44. The van der Waals surface area contributed by atoms with Crippen LogP contribution in [-0.2, 0) is 0 Å². The number of hydrogen-bond donors (Lipinski definition) is 3. The van der Waals surface area contributed by atoms with Gasteiger partial charge in [0.25, 0.3) is 0 Å². The number of aromatic hydroxyl groups is 3. The minimum Gasteiger partial charge on any atom is -0.508 e. The van der Waals surface area contributed by atoms with Gasteiger partial charge in [0.2, 0.25) is 0 Å². The molecule has 0 fully saturated rings. The molecular formula is C29H29NO4. The van der Waals surface area contributed by atoms with E-state index in [9.17, 15) is 15.3 Å². The quantitative estimate of drug-likeness (QED) is 0.289. The van der Waals surface area contributed by atoms with E-state index in [0.29, 0.717) is 28.6 Å². The number of aryl methyl sites for hydroxylation is 5. The van der Waals surface area contributed by atoms with E-state index in [4.69, 9.17) is 4.74 Å². The van der Waals surface area contributed by atoms with Crippen LogP contribution in [0.5, 0.6) is 28.7 Å². The van der Waals surface area contributed by atoms with Gasteiger partial charge in [-0.2, -0.15) is 0 Å². The first kappa shape index (κ1) is 23.1. The molecule has 174 valence electrons. The maximum atomic E-state index is 11.0. The van der Waals surface area contributed by atoms with Crippen LogP contribution in [0.1, 0.15) is 27.8 Å². The molecule has 0 radical (unpaired) electrons. The molecule has 4 rings (SSSR count). The lowest BCUT2D eigenvalue weighted by atomic mass is 10.0. The van der Waals surface area contributed by atoms with Gasteiger partial charge in [-0.1, -0.05) is 18.2 Å². The van der Waals surface area contributed by atoms with Crippen LogP contribution in [0.3, 0.4) is 0 Å². The van der Waals surface area contributed by atoms with Gasteiger partial charge in [0.15, 0.2) is 0 Å². The lowest BCUT2D eigenvalue weighted by molar-refractivity contribution is 0.454. The predicted octanol–water partition coefficient (Wildman–Crippen LogP) is 7.61. The van der Waals surface area contributed by atoms with Crippen molar-refractivity contribution in [2.24, 2.45) is 0 Å². The van der Waals surface area contributed by atoms with Crippen molar-refractivity contribution in [2.45, 2.75) is 34.6 Å². The van der Waals surface area contributed by atoms with E-state index >= 15 is 0 Å². The Labute approximate surface area is 200 Å². The highest BCUT2D eigenvalue weighted by molar-refractivity contribution is 5.86. The van der Waals surface area contributed by atoms with Crippen LogP contribution in [0.4, 0.5) is 17.1 Å². The number of hydrogen-bond acceptors (Lipinski definition) is 5. The van der Waals surface area contributed by atoms with Crippen molar-refractivity contribution in [3.63, 3.8) is 0 Å². The summed E-state index contributed by atoms with van der Waals surface area (Å²) in [5.74, 6) is 1.44. The summed E-state index contributed by atoms with van der Waals surface area (Å²) in [6, 6.07) is 19.9. The third-order valence-electron chi connectivity index (χ3n) is 5.64. The fourth-order valence-corrected chi connectivity index (χ4v) is 4.44. The summed E-state index contributed by atoms with van der Waals surface area (Å²) in [4.78, 5) is 1.86. The summed E-state index contributed by atoms with van der Waals surface area (Å²) >= 11 is 0. The third-order valence-corrected chi connectivity index (χ3v) is 5.64. The summed E-state index contributed by atoms with van der Waals surface area (Å²) in [5.41, 5.74) is 6.38. The van der Waals surface area contributed by atoms with Crippen molar-refractivity contribution in [3.8, 4) is 28.7 Å². The Morgan fingerprint density at radius 2 is 1.15 bits per heavy atom. The Morgan fingerprint density at radius 1 is 0.588 bits per heavy atom. The van der Waals surface area contributed by atoms with Gasteiger partial charge < -0.3 is 25.0 Å². The zero-order valence-corrected chi connectivity index (χ0v) is 20.0. The van der Waals surface area contributed by atoms with Gasteiger partial charge in [-0.25, -0.2) is 0 Å². The van der Waals surface area contributed by atoms with Crippen LogP contribution in [0.2, 0.25) is 0 Å². The number of rotatable bonds is 5. The van der Waals surface area contributed by atoms with E-state index in [-0.39, 0.29) is 17.2 Å². The second-order valence-corrected chi connectivity index (χ2v) is 8.84. The van der Waals surface area contributed by atoms with Gasteiger partial charge in [-0.05, 0) is 98.8 Å². The van der Waals surface area contributed by atoms with Gasteiger partial charge in [0, 0.05) is 12.1 Å². The Kier molecular flexibility index (Phi) is 6.12. The second-order valence-electron chi connectivity index (χ2n) is 8.84. The van der Waals surface area contributed by atoms with Gasteiger partial charge in [0.1, 0.15) is 28.7 Å². The number of anilines is 3. The average Bonchev–Trinajstić information content (AvgIpc) is 2.70. The molecule has 0 aliphatic rings. The smallest absolute Gasteiger partial charge is 0.140 e. The molecular weight excluding hydrogens is 426 g/mol. The lowest BCUT2D eigenvalue weighted by Crippen LogP contribution is -2.13. The first-order chi connectivity index (χ1) is 16.1. The maximum Gasteiger partial charge on any atom is 0.140 e. The molecule has 0 heterocycles. The highest BCUT2D eigenvalue weighted by Gasteiger charge is 2.24. The van der Waals surface area contributed by atoms with E-state index in [1.54, 1.807) is 24.3 Å². The zero-order chi connectivity index (χ0) is 24.6. The second kappa shape index (κ2) is 9.02. The fraction of sp³-hybridized carbons (Fsp3) is 0.172. The number of phenols is 3. The number of phenolic OH excluding ortho intramolecular Hbond substituents is 3. The largest absolute Gasteiger partial charge is 0.508 e. The van der Waals surface area contributed by atoms with Crippen molar-refractivity contribution < 1.29 is 20.1 Å². The van der Waals surface area contributed by atoms with E-state index in [2.05, 4.69) is 0 Å². The highest BCUT2D eigenvalue weighted by atomic mass is 16.5. The minimum atomic E-state index is 0.117. The van der Waals surface area contributed by atoms with Crippen LogP contribution >= 0.6 is 0 Å². The van der Waals surface area contributed by atoms with Crippen molar-refractivity contribution in [2.75, 3.05) is 4.90 Å². The lowest BCUT2D eigenvalue weighted by Gasteiger charge is -2.30. The summed E-state index contributed by atoms with van der Waals surface area (Å²) in [6.45, 7) is 9.62. The SMILES string of the molecule is Cc1cc(O)cc(Oc2cccc(N(c3c(C)cc(C)cc3O)c3c(C)cc(C)cc3O)c2)c1. The molecule has 0 amide bonds. The van der Waals surface area contributed by atoms with Gasteiger partial charge >= 0.3 is 0 Å². The molecule has 0 aliphatic heterocycles. The molecule has 0 bridgehead atoms. The highest BCUT2D eigenvalue weighted by Crippen LogP contribution is 2.48. The molecule has 4 aromatic carbocycles. The molecule has 0 saturated carbocycles. The summed E-state index contributed by atoms with van der Waals surface area (Å²) in [6.07, 6.45) is 0. The molecule has 0 unspecified atom stereocenters. The standard InChI is InChI=1S/C29H29NO4/c1-17-9-20(4)28(26(32)13-17)30(29-21(5)10-18(2)14-27(29)33)22-7-6-8-24(15-22)34-25-12-19(3)11-23(31)16-25/h6-16,31-33H,1-5H3. The van der Waals surface area contributed by atoms with E-state index in [1.165, 1.54) is 0 Å². The van der Waals surface area contributed by atoms with Crippen molar-refractivity contribution >= 4 is 17.1 Å². The topological polar surface area (TPSA) is 73.2 Å². The number of nitrogens with zero attached hydrogens (tertiary/aromatic N) is 1. The van der Waals surface area contributed by atoms with Crippen LogP contribution in [0, 0.1) is 34.6 Å². The Morgan fingerprint density at radius 3 is 1.68 bits per heavy atom.